The summed E-state index contributed by atoms with van der Waals surface area (Å²) in [5, 5.41) is 7.68. The van der Waals surface area contributed by atoms with Crippen molar-refractivity contribution in [2.24, 2.45) is 0 Å². The molecule has 0 saturated carbocycles. The summed E-state index contributed by atoms with van der Waals surface area (Å²) in [6, 6.07) is 49.3. The molecule has 0 radical (unpaired) electrons. The second kappa shape index (κ2) is 8.44. The van der Waals surface area contributed by atoms with E-state index in [9.17, 15) is 0 Å². The fourth-order valence-corrected chi connectivity index (χ4v) is 7.59. The van der Waals surface area contributed by atoms with Crippen molar-refractivity contribution in [3.8, 4) is 33.4 Å². The summed E-state index contributed by atoms with van der Waals surface area (Å²) in [4.78, 5) is 3.79. The van der Waals surface area contributed by atoms with Crippen molar-refractivity contribution in [3.05, 3.63) is 145 Å². The third-order valence-electron chi connectivity index (χ3n) is 9.63. The molecule has 9 rings (SSSR count). The van der Waals surface area contributed by atoms with Gasteiger partial charge in [0.15, 0.2) is 0 Å². The lowest BCUT2D eigenvalue weighted by Gasteiger charge is -2.22. The highest BCUT2D eigenvalue weighted by Gasteiger charge is 2.35. The normalized spacial score (nSPS) is 13.7. The molecule has 7 aromatic carbocycles. The van der Waals surface area contributed by atoms with Crippen LogP contribution in [0, 0.1) is 0 Å². The Labute approximate surface area is 245 Å². The second-order valence-corrected chi connectivity index (χ2v) is 12.2. The minimum atomic E-state index is -0.0207. The second-order valence-electron chi connectivity index (χ2n) is 12.2. The van der Waals surface area contributed by atoms with Gasteiger partial charge >= 0.3 is 0 Å². The predicted molar refractivity (Wildman–Crippen MR) is 179 cm³/mol. The molecular weight excluding hydrogens is 506 g/mol. The van der Waals surface area contributed by atoms with Crippen LogP contribution in [0.1, 0.15) is 25.0 Å². The summed E-state index contributed by atoms with van der Waals surface area (Å²) in [5.74, 6) is 0. The molecule has 0 saturated heterocycles. The average molecular weight is 536 g/mol. The van der Waals surface area contributed by atoms with Crippen molar-refractivity contribution in [3.63, 3.8) is 0 Å². The van der Waals surface area contributed by atoms with E-state index in [2.05, 4.69) is 152 Å². The predicted octanol–water partition coefficient (Wildman–Crippen LogP) is 11.3. The van der Waals surface area contributed by atoms with Gasteiger partial charge in [-0.05, 0) is 72.6 Å². The van der Waals surface area contributed by atoms with Crippen LogP contribution < -0.4 is 0 Å². The van der Waals surface area contributed by atoms with Crippen molar-refractivity contribution in [2.45, 2.75) is 19.3 Å². The molecule has 1 N–H and O–H groups in total. The van der Waals surface area contributed by atoms with Gasteiger partial charge in [-0.15, -0.1) is 0 Å². The number of hydrogen-bond donors (Lipinski definition) is 1. The standard InChI is InChI=1S/C41H29N/c1-41(2)36-19-6-5-12-32(36)33-22-20-26(24-37(33)41)27-13-7-15-30-29(27)14-8-16-31(30)34-17-9-18-35-39-28-11-4-3-10-25(28)21-23-38(39)42-40(34)35/h3-24,42H,1-2H3. The number of para-hydroxylation sites is 1. The van der Waals surface area contributed by atoms with Gasteiger partial charge in [-0.2, -0.15) is 0 Å². The Morgan fingerprint density at radius 3 is 1.98 bits per heavy atom. The van der Waals surface area contributed by atoms with Crippen molar-refractivity contribution in [1.82, 2.24) is 4.98 Å². The van der Waals surface area contributed by atoms with E-state index in [4.69, 9.17) is 0 Å². The molecule has 1 aromatic heterocycles. The zero-order chi connectivity index (χ0) is 28.0. The summed E-state index contributed by atoms with van der Waals surface area (Å²) < 4.78 is 0. The average Bonchev–Trinajstić information content (AvgIpc) is 3.53. The van der Waals surface area contributed by atoms with E-state index < -0.39 is 0 Å². The Balaban J connectivity index is 1.25. The topological polar surface area (TPSA) is 15.8 Å². The summed E-state index contributed by atoms with van der Waals surface area (Å²) in [7, 11) is 0. The molecule has 1 nitrogen and oxygen atoms in total. The minimum absolute atomic E-state index is 0.0207. The molecule has 0 atom stereocenters. The first kappa shape index (κ1) is 23.6. The molecule has 1 heteroatoms. The van der Waals surface area contributed by atoms with Crippen LogP contribution in [0.15, 0.2) is 133 Å². The molecule has 0 aliphatic heterocycles. The highest BCUT2D eigenvalue weighted by Crippen LogP contribution is 2.50. The summed E-state index contributed by atoms with van der Waals surface area (Å²) in [6.07, 6.45) is 0. The van der Waals surface area contributed by atoms with Crippen LogP contribution in [0.4, 0.5) is 0 Å². The maximum absolute atomic E-state index is 3.79. The number of hydrogen-bond acceptors (Lipinski definition) is 0. The minimum Gasteiger partial charge on any atom is -0.354 e. The van der Waals surface area contributed by atoms with Crippen LogP contribution in [0.2, 0.25) is 0 Å². The van der Waals surface area contributed by atoms with E-state index in [0.717, 1.165) is 0 Å². The lowest BCUT2D eigenvalue weighted by Crippen LogP contribution is -2.14. The van der Waals surface area contributed by atoms with Crippen LogP contribution in [0.3, 0.4) is 0 Å². The molecular formula is C41H29N. The molecule has 0 spiro atoms. The number of benzene rings is 7. The van der Waals surface area contributed by atoms with Gasteiger partial charge in [-0.25, -0.2) is 0 Å². The highest BCUT2D eigenvalue weighted by atomic mass is 14.7. The van der Waals surface area contributed by atoms with Gasteiger partial charge in [0.25, 0.3) is 0 Å². The number of H-pyrrole nitrogens is 1. The van der Waals surface area contributed by atoms with E-state index >= 15 is 0 Å². The lowest BCUT2D eigenvalue weighted by molar-refractivity contribution is 0.660. The van der Waals surface area contributed by atoms with Gasteiger partial charge in [0.2, 0.25) is 0 Å². The third kappa shape index (κ3) is 3.14. The zero-order valence-corrected chi connectivity index (χ0v) is 23.7. The molecule has 8 aromatic rings. The Bertz CT molecular complexity index is 2380. The molecule has 0 bridgehead atoms. The molecule has 0 fully saturated rings. The van der Waals surface area contributed by atoms with E-state index in [-0.39, 0.29) is 5.41 Å². The quantitative estimate of drug-likeness (QED) is 0.227. The van der Waals surface area contributed by atoms with Crippen LogP contribution in [0.5, 0.6) is 0 Å². The summed E-state index contributed by atoms with van der Waals surface area (Å²) >= 11 is 0. The molecule has 0 amide bonds. The van der Waals surface area contributed by atoms with E-state index in [1.165, 1.54) is 87.9 Å². The smallest absolute Gasteiger partial charge is 0.0544 e. The van der Waals surface area contributed by atoms with Gasteiger partial charge in [-0.1, -0.05) is 135 Å². The lowest BCUT2D eigenvalue weighted by atomic mass is 9.81. The first-order valence-corrected chi connectivity index (χ1v) is 14.8. The van der Waals surface area contributed by atoms with Crippen LogP contribution in [-0.2, 0) is 5.41 Å². The maximum atomic E-state index is 3.79. The van der Waals surface area contributed by atoms with Crippen molar-refractivity contribution in [2.75, 3.05) is 0 Å². The van der Waals surface area contributed by atoms with E-state index in [0.29, 0.717) is 0 Å². The van der Waals surface area contributed by atoms with Crippen LogP contribution in [0.25, 0.3) is 76.7 Å². The maximum Gasteiger partial charge on any atom is 0.0544 e. The number of rotatable bonds is 2. The first-order chi connectivity index (χ1) is 20.6. The van der Waals surface area contributed by atoms with Crippen LogP contribution >= 0.6 is 0 Å². The van der Waals surface area contributed by atoms with Gasteiger partial charge in [0.1, 0.15) is 0 Å². The summed E-state index contributed by atoms with van der Waals surface area (Å²) in [6.45, 7) is 4.71. The molecule has 0 unspecified atom stereocenters. The third-order valence-corrected chi connectivity index (χ3v) is 9.63. The fraction of sp³-hybridized carbons (Fsp3) is 0.0732. The van der Waals surface area contributed by atoms with Crippen LogP contribution in [-0.4, -0.2) is 4.98 Å². The molecule has 198 valence electrons. The monoisotopic (exact) mass is 535 g/mol. The van der Waals surface area contributed by atoms with Gasteiger partial charge < -0.3 is 4.98 Å². The Morgan fingerprint density at radius 2 is 1.10 bits per heavy atom. The van der Waals surface area contributed by atoms with Gasteiger partial charge in [0, 0.05) is 27.3 Å². The van der Waals surface area contributed by atoms with Gasteiger partial charge in [0.05, 0.1) is 5.52 Å². The first-order valence-electron chi connectivity index (χ1n) is 14.8. The van der Waals surface area contributed by atoms with Gasteiger partial charge in [-0.3, -0.25) is 0 Å². The van der Waals surface area contributed by atoms with Crippen molar-refractivity contribution >= 4 is 43.4 Å². The Hall–Kier alpha value is -5.14. The fourth-order valence-electron chi connectivity index (χ4n) is 7.59. The largest absolute Gasteiger partial charge is 0.354 e. The van der Waals surface area contributed by atoms with E-state index in [1.807, 2.05) is 0 Å². The number of nitrogens with one attached hydrogen (secondary N) is 1. The van der Waals surface area contributed by atoms with Crippen molar-refractivity contribution in [1.29, 1.82) is 0 Å². The molecule has 1 aliphatic carbocycles. The SMILES string of the molecule is CC1(C)c2ccccc2-c2ccc(-c3cccc4c(-c5cccc6c5[nH]c5ccc7ccccc7c56)cccc34)cc21. The Kier molecular flexibility index (Phi) is 4.73. The number of aromatic nitrogens is 1. The molecule has 1 heterocycles. The molecule has 1 aliphatic rings. The van der Waals surface area contributed by atoms with Crippen molar-refractivity contribution < 1.29 is 0 Å². The zero-order valence-electron chi connectivity index (χ0n) is 23.7. The highest BCUT2D eigenvalue weighted by molar-refractivity contribution is 6.23. The number of fused-ring (bicyclic) bond motifs is 9. The van der Waals surface area contributed by atoms with E-state index in [1.54, 1.807) is 0 Å². The summed E-state index contributed by atoms with van der Waals surface area (Å²) in [5.41, 5.74) is 12.9. The number of aromatic amines is 1. The molecule has 42 heavy (non-hydrogen) atoms. The Morgan fingerprint density at radius 1 is 0.452 bits per heavy atom.